The van der Waals surface area contributed by atoms with Crippen molar-refractivity contribution in [3.05, 3.63) is 52.2 Å². The number of carbonyl (C=O) groups is 1. The molecule has 0 aliphatic carbocycles. The van der Waals surface area contributed by atoms with E-state index in [1.165, 1.54) is 12.1 Å². The molecule has 0 aliphatic heterocycles. The second-order valence-corrected chi connectivity index (χ2v) is 4.91. The molecular weight excluding hydrogens is 270 g/mol. The molecule has 100 valence electrons. The zero-order chi connectivity index (χ0) is 13.7. The van der Waals surface area contributed by atoms with E-state index in [9.17, 15) is 13.6 Å². The fourth-order valence-electron chi connectivity index (χ4n) is 1.72. The molecule has 1 aromatic heterocycles. The van der Waals surface area contributed by atoms with Crippen molar-refractivity contribution in [3.8, 4) is 5.75 Å². The Balaban J connectivity index is 2.06. The Labute approximate surface area is 113 Å². The molecule has 0 saturated carbocycles. The van der Waals surface area contributed by atoms with E-state index in [1.54, 1.807) is 23.5 Å². The summed E-state index contributed by atoms with van der Waals surface area (Å²) in [5, 5.41) is 1.94. The van der Waals surface area contributed by atoms with Gasteiger partial charge in [-0.3, -0.25) is 4.79 Å². The van der Waals surface area contributed by atoms with Crippen LogP contribution in [-0.4, -0.2) is 12.4 Å². The lowest BCUT2D eigenvalue weighted by Crippen LogP contribution is -2.08. The first-order valence-corrected chi connectivity index (χ1v) is 6.64. The van der Waals surface area contributed by atoms with E-state index in [-0.39, 0.29) is 23.5 Å². The molecule has 0 spiro atoms. The molecule has 0 fully saturated rings. The number of halogens is 2. The van der Waals surface area contributed by atoms with Gasteiger partial charge in [0, 0.05) is 11.3 Å². The van der Waals surface area contributed by atoms with Gasteiger partial charge in [0.05, 0.1) is 5.56 Å². The highest BCUT2D eigenvalue weighted by Gasteiger charge is 2.15. The SMILES string of the molecule is O=C(CCc1cccs1)c1ccccc1OC(F)F. The smallest absolute Gasteiger partial charge is 0.387 e. The van der Waals surface area contributed by atoms with Crippen LogP contribution >= 0.6 is 11.3 Å². The quantitative estimate of drug-likeness (QED) is 0.743. The lowest BCUT2D eigenvalue weighted by molar-refractivity contribution is -0.0501. The summed E-state index contributed by atoms with van der Waals surface area (Å²) in [4.78, 5) is 13.1. The van der Waals surface area contributed by atoms with Crippen LogP contribution in [0.4, 0.5) is 8.78 Å². The Hall–Kier alpha value is -1.75. The molecule has 0 amide bonds. The number of carbonyl (C=O) groups excluding carboxylic acids is 1. The average molecular weight is 282 g/mol. The van der Waals surface area contributed by atoms with E-state index in [0.29, 0.717) is 6.42 Å². The van der Waals surface area contributed by atoms with Crippen LogP contribution in [0, 0.1) is 0 Å². The second-order valence-electron chi connectivity index (χ2n) is 3.88. The van der Waals surface area contributed by atoms with Crippen molar-refractivity contribution in [3.63, 3.8) is 0 Å². The molecule has 0 N–H and O–H groups in total. The summed E-state index contributed by atoms with van der Waals surface area (Å²) in [6, 6.07) is 9.95. The normalized spacial score (nSPS) is 10.7. The third-order valence-corrected chi connectivity index (χ3v) is 3.52. The zero-order valence-electron chi connectivity index (χ0n) is 10.0. The number of alkyl halides is 2. The van der Waals surface area contributed by atoms with Crippen LogP contribution in [0.1, 0.15) is 21.7 Å². The number of rotatable bonds is 6. The van der Waals surface area contributed by atoms with Crippen molar-refractivity contribution < 1.29 is 18.3 Å². The summed E-state index contributed by atoms with van der Waals surface area (Å²) in [7, 11) is 0. The highest BCUT2D eigenvalue weighted by Crippen LogP contribution is 2.22. The molecule has 2 aromatic rings. The number of hydrogen-bond donors (Lipinski definition) is 0. The van der Waals surface area contributed by atoms with Gasteiger partial charge in [0.2, 0.25) is 0 Å². The molecule has 0 saturated heterocycles. The minimum atomic E-state index is -2.92. The molecule has 0 radical (unpaired) electrons. The van der Waals surface area contributed by atoms with Crippen LogP contribution < -0.4 is 4.74 Å². The van der Waals surface area contributed by atoms with Crippen molar-refractivity contribution in [2.24, 2.45) is 0 Å². The fourth-order valence-corrected chi connectivity index (χ4v) is 2.43. The van der Waals surface area contributed by atoms with E-state index in [4.69, 9.17) is 0 Å². The van der Waals surface area contributed by atoms with E-state index in [0.717, 1.165) is 4.88 Å². The topological polar surface area (TPSA) is 26.3 Å². The maximum absolute atomic E-state index is 12.2. The Morgan fingerprint density at radius 1 is 1.21 bits per heavy atom. The highest BCUT2D eigenvalue weighted by molar-refractivity contribution is 7.09. The van der Waals surface area contributed by atoms with Gasteiger partial charge in [-0.15, -0.1) is 11.3 Å². The first-order chi connectivity index (χ1) is 9.16. The number of thiophene rings is 1. The van der Waals surface area contributed by atoms with Crippen molar-refractivity contribution in [2.45, 2.75) is 19.5 Å². The number of para-hydroxylation sites is 1. The minimum Gasteiger partial charge on any atom is -0.434 e. The van der Waals surface area contributed by atoms with Crippen LogP contribution in [0.25, 0.3) is 0 Å². The molecule has 2 nitrogen and oxygen atoms in total. The van der Waals surface area contributed by atoms with Gasteiger partial charge in [-0.1, -0.05) is 18.2 Å². The number of aryl methyl sites for hydroxylation is 1. The molecule has 0 bridgehead atoms. The van der Waals surface area contributed by atoms with Gasteiger partial charge in [-0.05, 0) is 30.0 Å². The number of Topliss-reactive ketones (excluding diaryl/α,β-unsaturated/α-hetero) is 1. The Kier molecular flexibility index (Phi) is 4.63. The largest absolute Gasteiger partial charge is 0.434 e. The summed E-state index contributed by atoms with van der Waals surface area (Å²) in [5.74, 6) is -0.252. The number of benzene rings is 1. The van der Waals surface area contributed by atoms with Gasteiger partial charge in [0.1, 0.15) is 5.75 Å². The maximum Gasteiger partial charge on any atom is 0.387 e. The van der Waals surface area contributed by atoms with E-state index in [1.807, 2.05) is 17.5 Å². The Morgan fingerprint density at radius 2 is 2.00 bits per heavy atom. The van der Waals surface area contributed by atoms with Crippen LogP contribution in [0.3, 0.4) is 0 Å². The molecule has 0 unspecified atom stereocenters. The van der Waals surface area contributed by atoms with Crippen molar-refractivity contribution in [1.82, 2.24) is 0 Å². The monoisotopic (exact) mass is 282 g/mol. The summed E-state index contributed by atoms with van der Waals surface area (Å²) in [6.07, 6.45) is 0.892. The van der Waals surface area contributed by atoms with Gasteiger partial charge < -0.3 is 4.74 Å². The molecule has 0 atom stereocenters. The summed E-state index contributed by atoms with van der Waals surface area (Å²) < 4.78 is 28.8. The first-order valence-electron chi connectivity index (χ1n) is 5.76. The minimum absolute atomic E-state index is 0.0614. The molecular formula is C14H12F2O2S. The summed E-state index contributed by atoms with van der Waals surface area (Å²) in [6.45, 7) is -2.92. The fraction of sp³-hybridized carbons (Fsp3) is 0.214. The third-order valence-electron chi connectivity index (χ3n) is 2.58. The molecule has 1 heterocycles. The molecule has 1 aromatic carbocycles. The van der Waals surface area contributed by atoms with Gasteiger partial charge in [-0.25, -0.2) is 0 Å². The zero-order valence-corrected chi connectivity index (χ0v) is 10.8. The predicted molar refractivity (Wildman–Crippen MR) is 70.0 cm³/mol. The summed E-state index contributed by atoms with van der Waals surface area (Å²) in [5.41, 5.74) is 0.208. The molecule has 5 heteroatoms. The first kappa shape index (κ1) is 13.7. The van der Waals surface area contributed by atoms with Crippen molar-refractivity contribution in [2.75, 3.05) is 0 Å². The van der Waals surface area contributed by atoms with Gasteiger partial charge in [0.15, 0.2) is 5.78 Å². The maximum atomic E-state index is 12.2. The van der Waals surface area contributed by atoms with E-state index in [2.05, 4.69) is 4.74 Å². The van der Waals surface area contributed by atoms with Gasteiger partial charge in [0.25, 0.3) is 0 Å². The third kappa shape index (κ3) is 3.86. The molecule has 0 aliphatic rings. The lowest BCUT2D eigenvalue weighted by Gasteiger charge is -2.09. The second kappa shape index (κ2) is 6.43. The lowest BCUT2D eigenvalue weighted by atomic mass is 10.1. The van der Waals surface area contributed by atoms with Crippen molar-refractivity contribution in [1.29, 1.82) is 0 Å². The number of hydrogen-bond acceptors (Lipinski definition) is 3. The Morgan fingerprint density at radius 3 is 2.68 bits per heavy atom. The van der Waals surface area contributed by atoms with Crippen LogP contribution in [0.15, 0.2) is 41.8 Å². The van der Waals surface area contributed by atoms with Crippen molar-refractivity contribution >= 4 is 17.1 Å². The van der Waals surface area contributed by atoms with Crippen LogP contribution in [0.5, 0.6) is 5.75 Å². The number of ketones is 1. The van der Waals surface area contributed by atoms with E-state index < -0.39 is 6.61 Å². The van der Waals surface area contributed by atoms with Gasteiger partial charge in [-0.2, -0.15) is 8.78 Å². The number of ether oxygens (including phenoxy) is 1. The average Bonchev–Trinajstić information content (AvgIpc) is 2.89. The molecule has 2 rings (SSSR count). The Bertz CT molecular complexity index is 538. The van der Waals surface area contributed by atoms with Crippen LogP contribution in [-0.2, 0) is 6.42 Å². The molecule has 19 heavy (non-hydrogen) atoms. The predicted octanol–water partition coefficient (Wildman–Crippen LogP) is 4.17. The summed E-state index contributed by atoms with van der Waals surface area (Å²) >= 11 is 1.57. The van der Waals surface area contributed by atoms with E-state index >= 15 is 0 Å². The highest BCUT2D eigenvalue weighted by atomic mass is 32.1. The van der Waals surface area contributed by atoms with Crippen LogP contribution in [0.2, 0.25) is 0 Å². The standard InChI is InChI=1S/C14H12F2O2S/c15-14(16)18-13-6-2-1-5-11(13)12(17)8-7-10-4-3-9-19-10/h1-6,9,14H,7-8H2. The van der Waals surface area contributed by atoms with Gasteiger partial charge >= 0.3 is 6.61 Å².